The molecule has 1 N–H and O–H groups in total. The van der Waals surface area contributed by atoms with Gasteiger partial charge in [0.05, 0.1) is 5.76 Å². The van der Waals surface area contributed by atoms with Crippen molar-refractivity contribution in [3.05, 3.63) is 24.0 Å². The molecule has 0 heterocycles. The first kappa shape index (κ1) is 6.96. The lowest BCUT2D eigenvalue weighted by Gasteiger charge is -2.17. The predicted octanol–water partition coefficient (Wildman–Crippen LogP) is 2.80. The minimum atomic E-state index is 0.364. The van der Waals surface area contributed by atoms with Crippen molar-refractivity contribution in [1.29, 1.82) is 0 Å². The minimum absolute atomic E-state index is 0.364. The van der Waals surface area contributed by atoms with Gasteiger partial charge in [0.25, 0.3) is 0 Å². The van der Waals surface area contributed by atoms with Crippen molar-refractivity contribution in [2.75, 3.05) is 0 Å². The normalized spacial score (nSPS) is 34.0. The first-order chi connectivity index (χ1) is 5.25. The van der Waals surface area contributed by atoms with Crippen LogP contribution in [-0.2, 0) is 0 Å². The van der Waals surface area contributed by atoms with Crippen LogP contribution in [0.25, 0.3) is 0 Å². The molecule has 11 heavy (non-hydrogen) atoms. The maximum atomic E-state index is 9.03. The molecule has 2 atom stereocenters. The first-order valence-corrected chi connectivity index (χ1v) is 4.30. The Labute approximate surface area is 67.4 Å². The number of aliphatic hydroxyl groups excluding tert-OH is 1. The molecule has 2 unspecified atom stereocenters. The Kier molecular flexibility index (Phi) is 1.52. The molecular weight excluding hydrogens is 136 g/mol. The summed E-state index contributed by atoms with van der Waals surface area (Å²) < 4.78 is 0. The van der Waals surface area contributed by atoms with Crippen molar-refractivity contribution in [1.82, 2.24) is 0 Å². The number of hydrogen-bond donors (Lipinski definition) is 1. The third-order valence-electron chi connectivity index (χ3n) is 2.92. The first-order valence-electron chi connectivity index (χ1n) is 4.30. The molecule has 0 aliphatic heterocycles. The second-order valence-electron chi connectivity index (χ2n) is 3.80. The molecule has 1 heteroatoms. The summed E-state index contributed by atoms with van der Waals surface area (Å²) in [5, 5.41) is 9.03. The van der Waals surface area contributed by atoms with Crippen molar-refractivity contribution in [3.8, 4) is 0 Å². The van der Waals surface area contributed by atoms with Gasteiger partial charge in [-0.05, 0) is 31.1 Å². The van der Waals surface area contributed by atoms with Crippen LogP contribution in [0.1, 0.15) is 25.7 Å². The van der Waals surface area contributed by atoms with Gasteiger partial charge in [0.2, 0.25) is 0 Å². The average molecular weight is 150 g/mol. The van der Waals surface area contributed by atoms with E-state index in [1.54, 1.807) is 5.57 Å². The Balaban J connectivity index is 1.98. The van der Waals surface area contributed by atoms with Crippen LogP contribution in [0.5, 0.6) is 0 Å². The van der Waals surface area contributed by atoms with Gasteiger partial charge in [-0.2, -0.15) is 0 Å². The lowest BCUT2D eigenvalue weighted by Crippen LogP contribution is -2.08. The lowest BCUT2D eigenvalue weighted by molar-refractivity contribution is 0.310. The quantitative estimate of drug-likeness (QED) is 0.474. The van der Waals surface area contributed by atoms with Crippen molar-refractivity contribution < 1.29 is 5.11 Å². The number of allylic oxidation sites excluding steroid dienone is 3. The van der Waals surface area contributed by atoms with Crippen LogP contribution >= 0.6 is 0 Å². The van der Waals surface area contributed by atoms with E-state index in [0.29, 0.717) is 11.7 Å². The lowest BCUT2D eigenvalue weighted by atomic mass is 9.89. The average Bonchev–Trinajstić information content (AvgIpc) is 2.45. The highest BCUT2D eigenvalue weighted by Gasteiger charge is 2.33. The maximum absolute atomic E-state index is 9.03. The number of fused-ring (bicyclic) bond motifs is 2. The fourth-order valence-electron chi connectivity index (χ4n) is 2.39. The third-order valence-corrected chi connectivity index (χ3v) is 2.92. The molecule has 0 aromatic rings. The second-order valence-corrected chi connectivity index (χ2v) is 3.80. The maximum Gasteiger partial charge on any atom is 0.0854 e. The van der Waals surface area contributed by atoms with Gasteiger partial charge in [0, 0.05) is 6.42 Å². The molecule has 0 amide bonds. The fraction of sp³-hybridized carbons (Fsp3) is 0.600. The zero-order valence-electron chi connectivity index (χ0n) is 6.71. The van der Waals surface area contributed by atoms with E-state index in [9.17, 15) is 0 Å². The molecule has 60 valence electrons. The van der Waals surface area contributed by atoms with Gasteiger partial charge < -0.3 is 5.11 Å². The van der Waals surface area contributed by atoms with Gasteiger partial charge in [-0.25, -0.2) is 0 Å². The van der Waals surface area contributed by atoms with Gasteiger partial charge in [-0.1, -0.05) is 18.2 Å². The SMILES string of the molecule is C=C(O)CC1CC2=CCC1C2. The van der Waals surface area contributed by atoms with E-state index >= 15 is 0 Å². The molecule has 0 spiro atoms. The Bertz CT molecular complexity index is 215. The molecule has 0 aromatic carbocycles. The van der Waals surface area contributed by atoms with Crippen LogP contribution in [-0.4, -0.2) is 5.11 Å². The van der Waals surface area contributed by atoms with Crippen LogP contribution in [0.4, 0.5) is 0 Å². The molecule has 0 saturated heterocycles. The van der Waals surface area contributed by atoms with Gasteiger partial charge in [-0.3, -0.25) is 0 Å². The van der Waals surface area contributed by atoms with Crippen LogP contribution in [0, 0.1) is 11.8 Å². The van der Waals surface area contributed by atoms with Crippen LogP contribution in [0.2, 0.25) is 0 Å². The fourth-order valence-corrected chi connectivity index (χ4v) is 2.39. The van der Waals surface area contributed by atoms with Crippen LogP contribution in [0.15, 0.2) is 24.0 Å². The molecule has 1 saturated carbocycles. The van der Waals surface area contributed by atoms with Crippen molar-refractivity contribution >= 4 is 0 Å². The highest BCUT2D eigenvalue weighted by atomic mass is 16.3. The molecule has 2 bridgehead atoms. The third kappa shape index (κ3) is 1.20. The van der Waals surface area contributed by atoms with Crippen LogP contribution < -0.4 is 0 Å². The van der Waals surface area contributed by atoms with Crippen molar-refractivity contribution in [2.45, 2.75) is 25.7 Å². The summed E-state index contributed by atoms with van der Waals surface area (Å²) >= 11 is 0. The van der Waals surface area contributed by atoms with Gasteiger partial charge >= 0.3 is 0 Å². The molecule has 2 aliphatic rings. The van der Waals surface area contributed by atoms with E-state index in [-0.39, 0.29) is 0 Å². The van der Waals surface area contributed by atoms with E-state index in [4.69, 9.17) is 5.11 Å². The minimum Gasteiger partial charge on any atom is -0.513 e. The van der Waals surface area contributed by atoms with Gasteiger partial charge in [0.15, 0.2) is 0 Å². The molecule has 2 aliphatic carbocycles. The van der Waals surface area contributed by atoms with Gasteiger partial charge in [-0.15, -0.1) is 0 Å². The summed E-state index contributed by atoms with van der Waals surface area (Å²) in [7, 11) is 0. The summed E-state index contributed by atoms with van der Waals surface area (Å²) in [5.41, 5.74) is 1.61. The Morgan fingerprint density at radius 3 is 2.91 bits per heavy atom. The molecule has 1 fully saturated rings. The smallest absolute Gasteiger partial charge is 0.0854 e. The van der Waals surface area contributed by atoms with E-state index < -0.39 is 0 Å². The Morgan fingerprint density at radius 2 is 2.45 bits per heavy atom. The summed E-state index contributed by atoms with van der Waals surface area (Å²) in [6.07, 6.45) is 6.93. The number of rotatable bonds is 2. The number of hydrogen-bond acceptors (Lipinski definition) is 1. The zero-order valence-corrected chi connectivity index (χ0v) is 6.71. The standard InChI is InChI=1S/C10H14O/c1-7(11)4-10-6-8-2-3-9(10)5-8/h2,9-11H,1,3-6H2. The molecule has 0 aromatic heterocycles. The van der Waals surface area contributed by atoms with E-state index in [1.165, 1.54) is 19.3 Å². The van der Waals surface area contributed by atoms with E-state index in [0.717, 1.165) is 12.3 Å². The number of aliphatic hydroxyl groups is 1. The topological polar surface area (TPSA) is 20.2 Å². The second kappa shape index (κ2) is 2.40. The van der Waals surface area contributed by atoms with Crippen molar-refractivity contribution in [3.63, 3.8) is 0 Å². The van der Waals surface area contributed by atoms with E-state index in [2.05, 4.69) is 12.7 Å². The molecular formula is C10H14O. The Morgan fingerprint density at radius 1 is 1.64 bits per heavy atom. The highest BCUT2D eigenvalue weighted by molar-refractivity contribution is 5.19. The largest absolute Gasteiger partial charge is 0.513 e. The highest BCUT2D eigenvalue weighted by Crippen LogP contribution is 2.46. The van der Waals surface area contributed by atoms with E-state index in [1.807, 2.05) is 0 Å². The summed E-state index contributed by atoms with van der Waals surface area (Å²) in [6.45, 7) is 3.54. The predicted molar refractivity (Wildman–Crippen MR) is 45.3 cm³/mol. The zero-order chi connectivity index (χ0) is 7.84. The summed E-state index contributed by atoms with van der Waals surface area (Å²) in [6, 6.07) is 0. The summed E-state index contributed by atoms with van der Waals surface area (Å²) in [5.74, 6) is 1.89. The van der Waals surface area contributed by atoms with Crippen LogP contribution in [0.3, 0.4) is 0 Å². The molecule has 1 nitrogen and oxygen atoms in total. The van der Waals surface area contributed by atoms with Crippen molar-refractivity contribution in [2.24, 2.45) is 11.8 Å². The molecule has 2 rings (SSSR count). The van der Waals surface area contributed by atoms with Gasteiger partial charge in [0.1, 0.15) is 0 Å². The summed E-state index contributed by atoms with van der Waals surface area (Å²) in [4.78, 5) is 0. The Hall–Kier alpha value is -0.720. The monoisotopic (exact) mass is 150 g/mol. The molecule has 0 radical (unpaired) electrons.